The third kappa shape index (κ3) is 4.84. The molecule has 0 aliphatic heterocycles. The molecule has 1 rings (SSSR count). The molecule has 114 valence electrons. The van der Waals surface area contributed by atoms with Crippen LogP contribution in [0.25, 0.3) is 0 Å². The van der Waals surface area contributed by atoms with E-state index in [0.717, 1.165) is 6.42 Å². The minimum absolute atomic E-state index is 0.0551. The second kappa shape index (κ2) is 7.28. The second-order valence-corrected chi connectivity index (χ2v) is 4.38. The quantitative estimate of drug-likeness (QED) is 0.719. The summed E-state index contributed by atoms with van der Waals surface area (Å²) >= 11 is 0. The van der Waals surface area contributed by atoms with Crippen LogP contribution in [-0.4, -0.2) is 35.3 Å². The van der Waals surface area contributed by atoms with Gasteiger partial charge in [-0.15, -0.1) is 0 Å². The monoisotopic (exact) mass is 292 g/mol. The van der Waals surface area contributed by atoms with E-state index in [0.29, 0.717) is 13.0 Å². The van der Waals surface area contributed by atoms with E-state index >= 15 is 0 Å². The fourth-order valence-electron chi connectivity index (χ4n) is 1.67. The van der Waals surface area contributed by atoms with E-state index in [1.807, 2.05) is 6.92 Å². The summed E-state index contributed by atoms with van der Waals surface area (Å²) in [5.41, 5.74) is 0. The number of hydrogen-bond donors (Lipinski definition) is 3. The van der Waals surface area contributed by atoms with Crippen molar-refractivity contribution >= 4 is 11.6 Å². The highest BCUT2D eigenvalue weighted by molar-refractivity contribution is 5.47. The summed E-state index contributed by atoms with van der Waals surface area (Å²) in [6.45, 7) is 2.47. The molecule has 0 aliphatic carbocycles. The Morgan fingerprint density at radius 1 is 1.30 bits per heavy atom. The van der Waals surface area contributed by atoms with E-state index in [2.05, 4.69) is 20.6 Å². The average Bonchev–Trinajstić information content (AvgIpc) is 2.42. The summed E-state index contributed by atoms with van der Waals surface area (Å²) in [6.07, 6.45) is -3.16. The Kier molecular flexibility index (Phi) is 6.00. The van der Waals surface area contributed by atoms with Gasteiger partial charge in [-0.3, -0.25) is 0 Å². The fourth-order valence-corrected chi connectivity index (χ4v) is 1.67. The van der Waals surface area contributed by atoms with Gasteiger partial charge in [-0.05, 0) is 12.3 Å². The van der Waals surface area contributed by atoms with Gasteiger partial charge in [0.2, 0.25) is 5.82 Å². The van der Waals surface area contributed by atoms with Crippen molar-refractivity contribution in [2.75, 3.05) is 30.8 Å². The molecule has 0 saturated heterocycles. The molecule has 0 aliphatic rings. The predicted molar refractivity (Wildman–Crippen MR) is 70.6 cm³/mol. The molecular formula is C12H19F3N4O. The number of hydrogen-bond acceptors (Lipinski definition) is 5. The number of nitrogens with zero attached hydrogens (tertiary/aromatic N) is 2. The van der Waals surface area contributed by atoms with E-state index in [1.54, 1.807) is 0 Å². The van der Waals surface area contributed by atoms with Crippen molar-refractivity contribution in [1.82, 2.24) is 9.97 Å². The van der Waals surface area contributed by atoms with Crippen LogP contribution in [0.15, 0.2) is 6.07 Å². The molecule has 0 spiro atoms. The number of aliphatic hydroxyl groups excluding tert-OH is 1. The minimum Gasteiger partial charge on any atom is -0.396 e. The molecule has 0 bridgehead atoms. The van der Waals surface area contributed by atoms with Crippen molar-refractivity contribution in [3.8, 4) is 0 Å². The van der Waals surface area contributed by atoms with Crippen molar-refractivity contribution in [2.24, 2.45) is 5.92 Å². The van der Waals surface area contributed by atoms with Crippen LogP contribution in [-0.2, 0) is 6.18 Å². The first-order valence-electron chi connectivity index (χ1n) is 6.39. The Morgan fingerprint density at radius 3 is 2.45 bits per heavy atom. The number of aromatic nitrogens is 2. The fraction of sp³-hybridized carbons (Fsp3) is 0.667. The molecular weight excluding hydrogens is 273 g/mol. The maximum atomic E-state index is 12.7. The van der Waals surface area contributed by atoms with Gasteiger partial charge in [0.15, 0.2) is 0 Å². The van der Waals surface area contributed by atoms with E-state index < -0.39 is 12.0 Å². The topological polar surface area (TPSA) is 70.1 Å². The van der Waals surface area contributed by atoms with Crippen LogP contribution in [0.5, 0.6) is 0 Å². The van der Waals surface area contributed by atoms with Crippen LogP contribution in [0.3, 0.4) is 0 Å². The van der Waals surface area contributed by atoms with Gasteiger partial charge in [-0.1, -0.05) is 13.3 Å². The van der Waals surface area contributed by atoms with Crippen LogP contribution in [0.2, 0.25) is 0 Å². The van der Waals surface area contributed by atoms with Gasteiger partial charge < -0.3 is 15.7 Å². The highest BCUT2D eigenvalue weighted by Gasteiger charge is 2.35. The maximum absolute atomic E-state index is 12.7. The molecule has 1 aromatic heterocycles. The maximum Gasteiger partial charge on any atom is 0.451 e. The van der Waals surface area contributed by atoms with Crippen LogP contribution in [0.1, 0.15) is 25.6 Å². The standard InChI is InChI=1S/C12H19F3N4O/c1-3-8(4-5-20)7-17-10-6-9(16-2)18-11(19-10)12(13,14)15/h6,8,20H,3-5,7H2,1-2H3,(H2,16,17,18,19). The van der Waals surface area contributed by atoms with Gasteiger partial charge >= 0.3 is 6.18 Å². The van der Waals surface area contributed by atoms with Crippen LogP contribution < -0.4 is 10.6 Å². The van der Waals surface area contributed by atoms with Gasteiger partial charge in [-0.2, -0.15) is 13.2 Å². The van der Waals surface area contributed by atoms with Gasteiger partial charge in [0.05, 0.1) is 0 Å². The van der Waals surface area contributed by atoms with Crippen LogP contribution in [0.4, 0.5) is 24.8 Å². The molecule has 0 aromatic carbocycles. The Hall–Kier alpha value is -1.57. The van der Waals surface area contributed by atoms with Gasteiger partial charge in [0.1, 0.15) is 11.6 Å². The van der Waals surface area contributed by atoms with Crippen LogP contribution in [0, 0.1) is 5.92 Å². The Labute approximate surface area is 115 Å². The zero-order valence-corrected chi connectivity index (χ0v) is 11.5. The van der Waals surface area contributed by atoms with Gasteiger partial charge in [-0.25, -0.2) is 9.97 Å². The van der Waals surface area contributed by atoms with Crippen molar-refractivity contribution < 1.29 is 18.3 Å². The summed E-state index contributed by atoms with van der Waals surface area (Å²) in [4.78, 5) is 6.85. The number of anilines is 2. The summed E-state index contributed by atoms with van der Waals surface area (Å²) < 4.78 is 38.0. The number of rotatable bonds is 7. The predicted octanol–water partition coefficient (Wildman–Crippen LogP) is 2.36. The largest absolute Gasteiger partial charge is 0.451 e. The van der Waals surface area contributed by atoms with E-state index in [9.17, 15) is 13.2 Å². The molecule has 1 aromatic rings. The van der Waals surface area contributed by atoms with Crippen molar-refractivity contribution in [3.63, 3.8) is 0 Å². The number of alkyl halides is 3. The highest BCUT2D eigenvalue weighted by atomic mass is 19.4. The molecule has 5 nitrogen and oxygen atoms in total. The molecule has 1 atom stereocenters. The molecule has 20 heavy (non-hydrogen) atoms. The lowest BCUT2D eigenvalue weighted by atomic mass is 10.0. The van der Waals surface area contributed by atoms with Gasteiger partial charge in [0, 0.05) is 26.3 Å². The van der Waals surface area contributed by atoms with E-state index in [4.69, 9.17) is 5.11 Å². The van der Waals surface area contributed by atoms with E-state index in [1.165, 1.54) is 13.1 Å². The number of nitrogens with one attached hydrogen (secondary N) is 2. The van der Waals surface area contributed by atoms with Gasteiger partial charge in [0.25, 0.3) is 0 Å². The summed E-state index contributed by atoms with van der Waals surface area (Å²) in [6, 6.07) is 1.42. The molecule has 0 radical (unpaired) electrons. The lowest BCUT2D eigenvalue weighted by Gasteiger charge is -2.16. The van der Waals surface area contributed by atoms with Crippen molar-refractivity contribution in [2.45, 2.75) is 25.9 Å². The lowest BCUT2D eigenvalue weighted by Crippen LogP contribution is -2.18. The molecule has 1 heterocycles. The first-order chi connectivity index (χ1) is 9.40. The SMILES string of the molecule is CCC(CCO)CNc1cc(NC)nc(C(F)(F)F)n1. The smallest absolute Gasteiger partial charge is 0.396 e. The zero-order chi connectivity index (χ0) is 15.2. The second-order valence-electron chi connectivity index (χ2n) is 4.38. The average molecular weight is 292 g/mol. The molecule has 0 amide bonds. The number of aliphatic hydroxyl groups is 1. The third-order valence-electron chi connectivity index (χ3n) is 2.92. The molecule has 1 unspecified atom stereocenters. The Morgan fingerprint density at radius 2 is 1.95 bits per heavy atom. The van der Waals surface area contributed by atoms with E-state index in [-0.39, 0.29) is 24.2 Å². The number of halogens is 3. The molecule has 0 saturated carbocycles. The summed E-state index contributed by atoms with van der Waals surface area (Å²) in [7, 11) is 1.49. The normalized spacial score (nSPS) is 13.1. The third-order valence-corrected chi connectivity index (χ3v) is 2.92. The first-order valence-corrected chi connectivity index (χ1v) is 6.39. The Balaban J connectivity index is 2.84. The summed E-state index contributed by atoms with van der Waals surface area (Å²) in [5.74, 6) is -0.775. The van der Waals surface area contributed by atoms with Crippen molar-refractivity contribution in [3.05, 3.63) is 11.9 Å². The van der Waals surface area contributed by atoms with Crippen molar-refractivity contribution in [1.29, 1.82) is 0 Å². The molecule has 8 heteroatoms. The summed E-state index contributed by atoms with van der Waals surface area (Å²) in [5, 5.41) is 14.3. The minimum atomic E-state index is -4.58. The lowest BCUT2D eigenvalue weighted by molar-refractivity contribution is -0.144. The first kappa shape index (κ1) is 16.5. The van der Waals surface area contributed by atoms with Crippen LogP contribution >= 0.6 is 0 Å². The zero-order valence-electron chi connectivity index (χ0n) is 11.5. The Bertz CT molecular complexity index is 426. The molecule has 3 N–H and O–H groups in total. The highest BCUT2D eigenvalue weighted by Crippen LogP contribution is 2.28. The molecule has 0 fully saturated rings.